The Hall–Kier alpha value is -3.39. The highest BCUT2D eigenvalue weighted by atomic mass is 16.5. The van der Waals surface area contributed by atoms with Crippen LogP contribution in [0.25, 0.3) is 11.1 Å². The summed E-state index contributed by atoms with van der Waals surface area (Å²) in [6.45, 7) is 5.35. The first kappa shape index (κ1) is 23.8. The normalized spacial score (nSPS) is 20.4. The summed E-state index contributed by atoms with van der Waals surface area (Å²) in [5.74, 6) is -1.85. The van der Waals surface area contributed by atoms with Gasteiger partial charge in [-0.3, -0.25) is 4.79 Å². The van der Waals surface area contributed by atoms with Crippen LogP contribution in [0.5, 0.6) is 0 Å². The molecule has 2 aliphatic rings. The van der Waals surface area contributed by atoms with E-state index < -0.39 is 41.6 Å². The van der Waals surface area contributed by atoms with Crippen LogP contribution in [0.4, 0.5) is 4.79 Å². The third-order valence-electron chi connectivity index (χ3n) is 6.57. The number of benzene rings is 2. The van der Waals surface area contributed by atoms with Crippen molar-refractivity contribution in [2.24, 2.45) is 5.41 Å². The Morgan fingerprint density at radius 3 is 2.15 bits per heavy atom. The molecule has 2 aromatic carbocycles. The van der Waals surface area contributed by atoms with Crippen molar-refractivity contribution < 1.29 is 29.3 Å². The number of ether oxygens (including phenoxy) is 1. The molecule has 0 spiro atoms. The van der Waals surface area contributed by atoms with Gasteiger partial charge in [0, 0.05) is 18.9 Å². The number of carboxylic acids is 1. The average Bonchev–Trinajstić information content (AvgIpc) is 3.33. The minimum Gasteiger partial charge on any atom is -0.480 e. The van der Waals surface area contributed by atoms with Crippen LogP contribution >= 0.6 is 0 Å². The van der Waals surface area contributed by atoms with E-state index in [0.29, 0.717) is 0 Å². The molecule has 1 fully saturated rings. The number of nitrogens with zero attached hydrogens (tertiary/aromatic N) is 1. The number of rotatable bonds is 5. The number of nitrogens with one attached hydrogen (secondary N) is 1. The summed E-state index contributed by atoms with van der Waals surface area (Å²) in [4.78, 5) is 38.8. The lowest BCUT2D eigenvalue weighted by atomic mass is 9.85. The summed E-state index contributed by atoms with van der Waals surface area (Å²) in [5, 5.41) is 22.0. The Morgan fingerprint density at radius 1 is 1.06 bits per heavy atom. The standard InChI is InChI=1S/C26H30N2O6/c1-26(2,3)22(23(30)28-13-15(29)12-21(28)24(31)32)27-25(33)34-14-20-18-10-6-4-8-16(18)17-9-5-7-11-19(17)20/h4-11,15,20-22,29H,12-14H2,1-3H3,(H,27,33)(H,31,32)/t15-,21+,22?/m1/s1. The van der Waals surface area contributed by atoms with Crippen molar-refractivity contribution in [3.05, 3.63) is 59.7 Å². The van der Waals surface area contributed by atoms with Crippen LogP contribution in [-0.4, -0.2) is 64.4 Å². The van der Waals surface area contributed by atoms with Crippen molar-refractivity contribution in [1.29, 1.82) is 0 Å². The van der Waals surface area contributed by atoms with Crippen LogP contribution in [0.2, 0.25) is 0 Å². The number of carboxylic acid groups (broad SMARTS) is 1. The molecule has 0 aromatic heterocycles. The Labute approximate surface area is 198 Å². The smallest absolute Gasteiger partial charge is 0.407 e. The maximum atomic E-state index is 13.3. The van der Waals surface area contributed by atoms with E-state index in [2.05, 4.69) is 5.32 Å². The summed E-state index contributed by atoms with van der Waals surface area (Å²) in [6, 6.07) is 13.9. The van der Waals surface area contributed by atoms with Crippen molar-refractivity contribution in [2.75, 3.05) is 13.2 Å². The van der Waals surface area contributed by atoms with Gasteiger partial charge in [0.15, 0.2) is 0 Å². The molecule has 4 rings (SSSR count). The molecule has 1 heterocycles. The van der Waals surface area contributed by atoms with Gasteiger partial charge in [-0.25, -0.2) is 9.59 Å². The van der Waals surface area contributed by atoms with Gasteiger partial charge in [0.2, 0.25) is 5.91 Å². The number of aliphatic hydroxyl groups is 1. The predicted octanol–water partition coefficient (Wildman–Crippen LogP) is 2.99. The third kappa shape index (κ3) is 4.50. The maximum Gasteiger partial charge on any atom is 0.407 e. The molecule has 3 atom stereocenters. The van der Waals surface area contributed by atoms with Crippen LogP contribution in [0.1, 0.15) is 44.2 Å². The Balaban J connectivity index is 1.48. The van der Waals surface area contributed by atoms with Gasteiger partial charge < -0.3 is 25.2 Å². The second-order valence-electron chi connectivity index (χ2n) is 10.0. The Morgan fingerprint density at radius 2 is 1.62 bits per heavy atom. The molecule has 34 heavy (non-hydrogen) atoms. The topological polar surface area (TPSA) is 116 Å². The summed E-state index contributed by atoms with van der Waals surface area (Å²) >= 11 is 0. The molecular weight excluding hydrogens is 436 g/mol. The molecule has 8 nitrogen and oxygen atoms in total. The predicted molar refractivity (Wildman–Crippen MR) is 125 cm³/mol. The van der Waals surface area contributed by atoms with Gasteiger partial charge in [-0.05, 0) is 27.7 Å². The van der Waals surface area contributed by atoms with Crippen molar-refractivity contribution in [2.45, 2.75) is 51.3 Å². The molecule has 8 heteroatoms. The fourth-order valence-electron chi connectivity index (χ4n) is 4.86. The number of hydrogen-bond donors (Lipinski definition) is 3. The minimum atomic E-state index is -1.18. The number of aliphatic carboxylic acids is 1. The average molecular weight is 467 g/mol. The summed E-state index contributed by atoms with van der Waals surface area (Å²) in [5.41, 5.74) is 3.68. The molecule has 2 aromatic rings. The van der Waals surface area contributed by atoms with E-state index in [4.69, 9.17) is 4.74 Å². The summed E-state index contributed by atoms with van der Waals surface area (Å²) in [6.07, 6.45) is -1.70. The molecule has 180 valence electrons. The second kappa shape index (κ2) is 9.10. The van der Waals surface area contributed by atoms with E-state index in [9.17, 15) is 24.6 Å². The molecule has 1 saturated heterocycles. The Bertz CT molecular complexity index is 1060. The van der Waals surface area contributed by atoms with E-state index in [1.807, 2.05) is 48.5 Å². The van der Waals surface area contributed by atoms with Crippen LogP contribution in [0.15, 0.2) is 48.5 Å². The monoisotopic (exact) mass is 466 g/mol. The molecule has 1 unspecified atom stereocenters. The van der Waals surface area contributed by atoms with Gasteiger partial charge in [-0.2, -0.15) is 0 Å². The third-order valence-corrected chi connectivity index (χ3v) is 6.57. The van der Waals surface area contributed by atoms with Crippen molar-refractivity contribution in [3.63, 3.8) is 0 Å². The first-order valence-electron chi connectivity index (χ1n) is 11.4. The largest absolute Gasteiger partial charge is 0.480 e. The van der Waals surface area contributed by atoms with Gasteiger partial charge >= 0.3 is 12.1 Å². The number of carbonyl (C=O) groups excluding carboxylic acids is 2. The molecule has 0 bridgehead atoms. The molecule has 0 radical (unpaired) electrons. The number of alkyl carbamates (subject to hydrolysis) is 1. The number of aliphatic hydroxyl groups excluding tert-OH is 1. The highest BCUT2D eigenvalue weighted by Crippen LogP contribution is 2.44. The zero-order chi connectivity index (χ0) is 24.6. The van der Waals surface area contributed by atoms with Crippen molar-refractivity contribution in [3.8, 4) is 11.1 Å². The quantitative estimate of drug-likeness (QED) is 0.624. The molecular formula is C26H30N2O6. The van der Waals surface area contributed by atoms with E-state index in [1.54, 1.807) is 20.8 Å². The van der Waals surface area contributed by atoms with Crippen LogP contribution in [-0.2, 0) is 14.3 Å². The highest BCUT2D eigenvalue weighted by Gasteiger charge is 2.44. The maximum absolute atomic E-state index is 13.3. The van der Waals surface area contributed by atoms with Crippen LogP contribution in [0.3, 0.4) is 0 Å². The minimum absolute atomic E-state index is 0.0388. The lowest BCUT2D eigenvalue weighted by molar-refractivity contribution is -0.150. The lowest BCUT2D eigenvalue weighted by Gasteiger charge is -2.34. The van der Waals surface area contributed by atoms with Gasteiger partial charge in [0.1, 0.15) is 18.7 Å². The van der Waals surface area contributed by atoms with E-state index >= 15 is 0 Å². The van der Waals surface area contributed by atoms with Crippen molar-refractivity contribution in [1.82, 2.24) is 10.2 Å². The van der Waals surface area contributed by atoms with Crippen LogP contribution in [0, 0.1) is 5.41 Å². The molecule has 1 aliphatic carbocycles. The molecule has 1 aliphatic heterocycles. The van der Waals surface area contributed by atoms with E-state index in [-0.39, 0.29) is 25.5 Å². The van der Waals surface area contributed by atoms with Gasteiger partial charge in [-0.1, -0.05) is 69.3 Å². The Kier molecular flexibility index (Phi) is 6.36. The summed E-state index contributed by atoms with van der Waals surface area (Å²) in [7, 11) is 0. The van der Waals surface area contributed by atoms with Gasteiger partial charge in [0.05, 0.1) is 6.10 Å². The molecule has 2 amide bonds. The van der Waals surface area contributed by atoms with Crippen LogP contribution < -0.4 is 5.32 Å². The zero-order valence-electron chi connectivity index (χ0n) is 19.5. The second-order valence-corrected chi connectivity index (χ2v) is 10.0. The zero-order valence-corrected chi connectivity index (χ0v) is 19.5. The molecule has 3 N–H and O–H groups in total. The number of β-amino-alcohol motifs (C(OH)–C–C–N with tert-alkyl or cyclic N) is 1. The number of likely N-dealkylation sites (tertiary alicyclic amines) is 1. The first-order chi connectivity index (χ1) is 16.1. The fraction of sp³-hybridized carbons (Fsp3) is 0.423. The van der Waals surface area contributed by atoms with Gasteiger partial charge in [-0.15, -0.1) is 0 Å². The lowest BCUT2D eigenvalue weighted by Crippen LogP contribution is -2.57. The van der Waals surface area contributed by atoms with Gasteiger partial charge in [0.25, 0.3) is 0 Å². The number of fused-ring (bicyclic) bond motifs is 3. The number of hydrogen-bond acceptors (Lipinski definition) is 5. The highest BCUT2D eigenvalue weighted by molar-refractivity contribution is 5.90. The SMILES string of the molecule is CC(C)(C)C(NC(=O)OCC1c2ccccc2-c2ccccc21)C(=O)N1C[C@H](O)C[C@H]1C(=O)O. The number of amides is 2. The van der Waals surface area contributed by atoms with Crippen molar-refractivity contribution >= 4 is 18.0 Å². The molecule has 0 saturated carbocycles. The summed E-state index contributed by atoms with van der Waals surface area (Å²) < 4.78 is 5.59. The number of carbonyl (C=O) groups is 3. The van der Waals surface area contributed by atoms with E-state index in [0.717, 1.165) is 27.2 Å². The first-order valence-corrected chi connectivity index (χ1v) is 11.4. The fourth-order valence-corrected chi connectivity index (χ4v) is 4.86. The van der Waals surface area contributed by atoms with E-state index in [1.165, 1.54) is 0 Å².